The van der Waals surface area contributed by atoms with Crippen LogP contribution in [0.15, 0.2) is 35.9 Å². The Bertz CT molecular complexity index is 1380. The highest BCUT2D eigenvalue weighted by Gasteiger charge is 2.64. The van der Waals surface area contributed by atoms with Gasteiger partial charge < -0.3 is 38.8 Å². The maximum absolute atomic E-state index is 13.9. The summed E-state index contributed by atoms with van der Waals surface area (Å²) >= 11 is 6.68. The second kappa shape index (κ2) is 14.3. The molecule has 1 aromatic carbocycles. The molecule has 254 valence electrons. The van der Waals surface area contributed by atoms with Crippen LogP contribution in [0.1, 0.15) is 52.5 Å². The molecule has 0 radical (unpaired) electrons. The number of epoxide rings is 1. The fourth-order valence-corrected chi connectivity index (χ4v) is 6.48. The number of rotatable bonds is 6. The lowest BCUT2D eigenvalue weighted by atomic mass is 9.83. The molecule has 2 saturated heterocycles. The van der Waals surface area contributed by atoms with Crippen molar-refractivity contribution in [3.8, 4) is 5.75 Å². The molecule has 0 spiro atoms. The number of aliphatic hydroxyl groups is 2. The van der Waals surface area contributed by atoms with Gasteiger partial charge in [-0.2, -0.15) is 0 Å². The van der Waals surface area contributed by atoms with Gasteiger partial charge in [-0.25, -0.2) is 4.79 Å². The van der Waals surface area contributed by atoms with E-state index in [-0.39, 0.29) is 43.2 Å². The first-order chi connectivity index (χ1) is 21.6. The molecule has 3 aliphatic heterocycles. The Hall–Kier alpha value is -3.16. The van der Waals surface area contributed by atoms with Crippen molar-refractivity contribution in [3.63, 3.8) is 0 Å². The first-order valence-electron chi connectivity index (χ1n) is 15.4. The highest BCUT2D eigenvalue weighted by atomic mass is 35.5. The van der Waals surface area contributed by atoms with E-state index in [1.807, 2.05) is 20.8 Å². The van der Waals surface area contributed by atoms with Crippen molar-refractivity contribution < 1.29 is 48.3 Å². The number of hydrogen-bond acceptors (Lipinski definition) is 10. The van der Waals surface area contributed by atoms with Crippen molar-refractivity contribution in [1.82, 2.24) is 5.32 Å². The minimum absolute atomic E-state index is 0.0262. The molecule has 0 aromatic heterocycles. The molecular formula is C33H45ClN2O10. The zero-order valence-corrected chi connectivity index (χ0v) is 28.1. The van der Waals surface area contributed by atoms with Crippen LogP contribution in [0, 0.1) is 11.8 Å². The van der Waals surface area contributed by atoms with Crippen LogP contribution in [0.5, 0.6) is 5.75 Å². The number of methoxy groups -OCH3 is 2. The number of hydrogen-bond donors (Lipinski definition) is 3. The smallest absolute Gasteiger partial charge is 0.409 e. The lowest BCUT2D eigenvalue weighted by Gasteiger charge is -2.42. The molecule has 13 heteroatoms. The number of carbonyl (C=O) groups is 3. The van der Waals surface area contributed by atoms with E-state index in [1.54, 1.807) is 44.3 Å². The summed E-state index contributed by atoms with van der Waals surface area (Å²) in [5, 5.41) is 24.5. The van der Waals surface area contributed by atoms with Gasteiger partial charge in [-0.15, -0.1) is 0 Å². The van der Waals surface area contributed by atoms with E-state index < -0.39 is 59.6 Å². The predicted octanol–water partition coefficient (Wildman–Crippen LogP) is 3.69. The van der Waals surface area contributed by atoms with Crippen molar-refractivity contribution in [3.05, 3.63) is 46.5 Å². The third-order valence-electron chi connectivity index (χ3n) is 8.90. The van der Waals surface area contributed by atoms with Crippen LogP contribution < -0.4 is 15.0 Å². The number of carbonyl (C=O) groups excluding carboxylic acids is 3. The Kier molecular flexibility index (Phi) is 11.1. The number of amides is 2. The third-order valence-corrected chi connectivity index (χ3v) is 9.28. The standard InChI is InChI=1S/C33H45ClN2O10/c1-18(2)11-28(39)45-26-15-27(38)36(5)22-13-21(14-23(42-6)29(22)34)12-20(17-37)9-8-10-25(43-7)33(41)16-24(44-31(40)35-33)19(3)30-32(26,4)46-30/h8-10,13-14,18-19,24-26,30,37,41H,11-12,15-17H2,1-7H3,(H,35,40)/b10-8-,20-9+/t19-,24+,25-,26?,30+,32+,33+/m1/s1. The van der Waals surface area contributed by atoms with Gasteiger partial charge in [0.2, 0.25) is 5.91 Å². The monoisotopic (exact) mass is 664 g/mol. The van der Waals surface area contributed by atoms with Crippen LogP contribution in [-0.2, 0) is 35.0 Å². The summed E-state index contributed by atoms with van der Waals surface area (Å²) in [6, 6.07) is 3.46. The van der Waals surface area contributed by atoms with Crippen molar-refractivity contribution in [2.24, 2.45) is 11.8 Å². The average molecular weight is 665 g/mol. The summed E-state index contributed by atoms with van der Waals surface area (Å²) in [7, 11) is 4.45. The number of anilines is 1. The second-order valence-corrected chi connectivity index (χ2v) is 13.2. The molecule has 3 N–H and O–H groups in total. The van der Waals surface area contributed by atoms with Gasteiger partial charge in [-0.1, -0.05) is 50.6 Å². The number of halogens is 1. The van der Waals surface area contributed by atoms with Gasteiger partial charge in [0.1, 0.15) is 34.7 Å². The molecule has 1 unspecified atom stereocenters. The van der Waals surface area contributed by atoms with Crippen LogP contribution in [0.2, 0.25) is 5.02 Å². The Balaban J connectivity index is 1.80. The Morgan fingerprint density at radius 2 is 1.98 bits per heavy atom. The summed E-state index contributed by atoms with van der Waals surface area (Å²) in [6.07, 6.45) is 0.874. The van der Waals surface area contributed by atoms with E-state index in [2.05, 4.69) is 5.32 Å². The van der Waals surface area contributed by atoms with Crippen LogP contribution in [0.4, 0.5) is 10.5 Å². The summed E-state index contributed by atoms with van der Waals surface area (Å²) in [4.78, 5) is 40.9. The van der Waals surface area contributed by atoms with E-state index in [4.69, 9.17) is 35.3 Å². The molecule has 2 amide bonds. The van der Waals surface area contributed by atoms with Crippen LogP contribution >= 0.6 is 11.6 Å². The van der Waals surface area contributed by atoms with Gasteiger partial charge in [-0.3, -0.25) is 14.9 Å². The van der Waals surface area contributed by atoms with Gasteiger partial charge in [0.25, 0.3) is 0 Å². The number of benzene rings is 1. The van der Waals surface area contributed by atoms with Crippen LogP contribution in [0.3, 0.4) is 0 Å². The molecule has 0 saturated carbocycles. The van der Waals surface area contributed by atoms with Crippen molar-refractivity contribution >= 4 is 35.3 Å². The van der Waals surface area contributed by atoms with Gasteiger partial charge in [-0.05, 0) is 42.5 Å². The van der Waals surface area contributed by atoms with E-state index >= 15 is 0 Å². The zero-order chi connectivity index (χ0) is 34.0. The molecule has 12 nitrogen and oxygen atoms in total. The highest BCUT2D eigenvalue weighted by molar-refractivity contribution is 6.35. The predicted molar refractivity (Wildman–Crippen MR) is 170 cm³/mol. The molecule has 3 aliphatic rings. The van der Waals surface area contributed by atoms with Crippen LogP contribution in [0.25, 0.3) is 0 Å². The van der Waals surface area contributed by atoms with Gasteiger partial charge in [0, 0.05) is 32.9 Å². The maximum Gasteiger partial charge on any atom is 0.409 e. The first-order valence-corrected chi connectivity index (χ1v) is 15.7. The molecule has 7 atom stereocenters. The molecule has 46 heavy (non-hydrogen) atoms. The molecule has 1 aromatic rings. The van der Waals surface area contributed by atoms with Gasteiger partial charge >= 0.3 is 12.1 Å². The first kappa shape index (κ1) is 35.7. The normalized spacial score (nSPS) is 33.7. The number of nitrogens with one attached hydrogen (secondary N) is 1. The van der Waals surface area contributed by atoms with E-state index in [9.17, 15) is 24.6 Å². The molecular weight excluding hydrogens is 620 g/mol. The van der Waals surface area contributed by atoms with Crippen molar-refractivity contribution in [2.75, 3.05) is 32.8 Å². The van der Waals surface area contributed by atoms with Crippen molar-refractivity contribution in [2.45, 2.75) is 89.1 Å². The summed E-state index contributed by atoms with van der Waals surface area (Å²) in [5.74, 6) is -0.973. The zero-order valence-electron chi connectivity index (χ0n) is 27.4. The number of fused-ring (bicyclic) bond motifs is 5. The number of alkyl carbamates (subject to hydrolysis) is 1. The fourth-order valence-electron chi connectivity index (χ4n) is 6.17. The van der Waals surface area contributed by atoms with Crippen molar-refractivity contribution in [1.29, 1.82) is 0 Å². The molecule has 2 fully saturated rings. The number of aliphatic hydroxyl groups excluding tert-OH is 1. The van der Waals surface area contributed by atoms with E-state index in [0.717, 1.165) is 0 Å². The van der Waals surface area contributed by atoms with Gasteiger partial charge in [0.05, 0.1) is 31.9 Å². The lowest BCUT2D eigenvalue weighted by Crippen LogP contribution is -2.63. The minimum Gasteiger partial charge on any atom is -0.495 e. The molecule has 4 rings (SSSR count). The molecule has 4 bridgehead atoms. The molecule has 0 aliphatic carbocycles. The Morgan fingerprint density at radius 3 is 2.61 bits per heavy atom. The van der Waals surface area contributed by atoms with Gasteiger partial charge in [0.15, 0.2) is 5.72 Å². The number of nitrogens with zero attached hydrogens (tertiary/aromatic N) is 1. The summed E-state index contributed by atoms with van der Waals surface area (Å²) in [6.45, 7) is 7.07. The lowest BCUT2D eigenvalue weighted by molar-refractivity contribution is -0.154. The highest BCUT2D eigenvalue weighted by Crippen LogP contribution is 2.49. The number of ether oxygens (including phenoxy) is 5. The third kappa shape index (κ3) is 7.69. The number of allylic oxidation sites excluding steroid dienone is 2. The van der Waals surface area contributed by atoms with E-state index in [1.165, 1.54) is 19.1 Å². The second-order valence-electron chi connectivity index (χ2n) is 12.8. The topological polar surface area (TPSA) is 156 Å². The molecule has 3 heterocycles. The summed E-state index contributed by atoms with van der Waals surface area (Å²) in [5.41, 5.74) is -1.24. The fraction of sp³-hybridized carbons (Fsp3) is 0.606. The summed E-state index contributed by atoms with van der Waals surface area (Å²) < 4.78 is 28.8. The Morgan fingerprint density at radius 1 is 1.26 bits per heavy atom. The van der Waals surface area contributed by atoms with Crippen LogP contribution in [-0.4, -0.2) is 91.8 Å². The number of esters is 1. The average Bonchev–Trinajstić information content (AvgIpc) is 3.69. The SMILES string of the molecule is COc1cc2cc(c1Cl)N(C)C(=O)CC(OC(=O)CC(C)C)[C@]1(C)O[C@H]1[C@H](C)[C@@H]1C[C@@](O)(NC(=O)O1)[C@H](OC)/C=C\C=C(\CO)C2. The Labute approximate surface area is 274 Å². The maximum atomic E-state index is 13.9. The quantitative estimate of drug-likeness (QED) is 0.303. The van der Waals surface area contributed by atoms with E-state index in [0.29, 0.717) is 22.6 Å². The largest absolute Gasteiger partial charge is 0.495 e. The minimum atomic E-state index is -1.83.